The fourth-order valence-corrected chi connectivity index (χ4v) is 1.82. The minimum Gasteiger partial charge on any atom is -0.378 e. The highest BCUT2D eigenvalue weighted by Gasteiger charge is 2.35. The maximum Gasteiger partial charge on any atom is 0.191 e. The summed E-state index contributed by atoms with van der Waals surface area (Å²) in [5.74, 6) is 0.867. The highest BCUT2D eigenvalue weighted by Crippen LogP contribution is 2.21. The van der Waals surface area contributed by atoms with Gasteiger partial charge in [0.15, 0.2) is 5.96 Å². The van der Waals surface area contributed by atoms with Gasteiger partial charge in [-0.15, -0.1) is 0 Å². The van der Waals surface area contributed by atoms with Crippen LogP contribution in [0.5, 0.6) is 0 Å². The molecule has 92 valence electrons. The summed E-state index contributed by atoms with van der Waals surface area (Å²) in [6, 6.07) is 0.615. The molecule has 0 aromatic rings. The van der Waals surface area contributed by atoms with Crippen LogP contribution in [0.25, 0.3) is 0 Å². The molecular formula is C11H21N3O2. The van der Waals surface area contributed by atoms with E-state index in [-0.39, 0.29) is 5.60 Å². The number of guanidine groups is 1. The van der Waals surface area contributed by atoms with Gasteiger partial charge in [0.1, 0.15) is 5.60 Å². The molecule has 1 heterocycles. The second-order valence-electron chi connectivity index (χ2n) is 4.53. The van der Waals surface area contributed by atoms with Crippen LogP contribution in [0.15, 0.2) is 4.99 Å². The Kier molecular flexibility index (Phi) is 3.66. The van der Waals surface area contributed by atoms with Crippen molar-refractivity contribution in [2.24, 2.45) is 4.99 Å². The van der Waals surface area contributed by atoms with E-state index in [1.54, 1.807) is 14.2 Å². The van der Waals surface area contributed by atoms with Crippen LogP contribution in [0.1, 0.15) is 19.3 Å². The molecule has 0 spiro atoms. The van der Waals surface area contributed by atoms with E-state index in [4.69, 9.17) is 9.47 Å². The van der Waals surface area contributed by atoms with Crippen LogP contribution in [-0.4, -0.2) is 51.5 Å². The maximum atomic E-state index is 5.54. The molecule has 1 atom stereocenters. The SMILES string of the molecule is CN=C(NCC1(OC)CCOC1)NC1CC1. The molecule has 1 saturated carbocycles. The molecule has 0 bridgehead atoms. The Morgan fingerprint density at radius 2 is 2.38 bits per heavy atom. The van der Waals surface area contributed by atoms with Gasteiger partial charge in [0, 0.05) is 39.8 Å². The fourth-order valence-electron chi connectivity index (χ4n) is 1.82. The summed E-state index contributed by atoms with van der Waals surface area (Å²) in [7, 11) is 3.54. The van der Waals surface area contributed by atoms with E-state index in [1.807, 2.05) is 0 Å². The van der Waals surface area contributed by atoms with E-state index in [1.165, 1.54) is 12.8 Å². The largest absolute Gasteiger partial charge is 0.378 e. The number of nitrogens with one attached hydrogen (secondary N) is 2. The second kappa shape index (κ2) is 5.01. The van der Waals surface area contributed by atoms with Crippen LogP contribution in [0, 0.1) is 0 Å². The van der Waals surface area contributed by atoms with Gasteiger partial charge in [-0.1, -0.05) is 0 Å². The van der Waals surface area contributed by atoms with Crippen LogP contribution in [0.2, 0.25) is 0 Å². The van der Waals surface area contributed by atoms with E-state index in [0.29, 0.717) is 12.6 Å². The lowest BCUT2D eigenvalue weighted by molar-refractivity contribution is -0.0128. The van der Waals surface area contributed by atoms with Crippen molar-refractivity contribution in [1.82, 2.24) is 10.6 Å². The summed E-state index contributed by atoms with van der Waals surface area (Å²) >= 11 is 0. The zero-order valence-corrected chi connectivity index (χ0v) is 10.1. The number of aliphatic imine (C=N–C) groups is 1. The summed E-state index contributed by atoms with van der Waals surface area (Å²) in [4.78, 5) is 4.19. The fraction of sp³-hybridized carbons (Fsp3) is 0.909. The van der Waals surface area contributed by atoms with Crippen molar-refractivity contribution in [3.8, 4) is 0 Å². The van der Waals surface area contributed by atoms with Crippen LogP contribution < -0.4 is 10.6 Å². The molecular weight excluding hydrogens is 206 g/mol. The number of nitrogens with zero attached hydrogens (tertiary/aromatic N) is 1. The first kappa shape index (κ1) is 11.7. The van der Waals surface area contributed by atoms with Crippen molar-refractivity contribution >= 4 is 5.96 Å². The van der Waals surface area contributed by atoms with Gasteiger partial charge >= 0.3 is 0 Å². The van der Waals surface area contributed by atoms with Gasteiger partial charge < -0.3 is 20.1 Å². The monoisotopic (exact) mass is 227 g/mol. The zero-order valence-electron chi connectivity index (χ0n) is 10.1. The number of rotatable bonds is 4. The smallest absolute Gasteiger partial charge is 0.191 e. The third-order valence-corrected chi connectivity index (χ3v) is 3.22. The molecule has 5 nitrogen and oxygen atoms in total. The van der Waals surface area contributed by atoms with E-state index >= 15 is 0 Å². The quantitative estimate of drug-likeness (QED) is 0.529. The molecule has 2 rings (SSSR count). The summed E-state index contributed by atoms with van der Waals surface area (Å²) in [5.41, 5.74) is -0.179. The summed E-state index contributed by atoms with van der Waals surface area (Å²) in [6.45, 7) is 2.19. The van der Waals surface area contributed by atoms with Crippen LogP contribution in [0.3, 0.4) is 0 Å². The molecule has 1 unspecified atom stereocenters. The molecule has 1 aliphatic heterocycles. The highest BCUT2D eigenvalue weighted by molar-refractivity contribution is 5.80. The molecule has 0 radical (unpaired) electrons. The van der Waals surface area contributed by atoms with Gasteiger partial charge in [0.25, 0.3) is 0 Å². The lowest BCUT2D eigenvalue weighted by Gasteiger charge is -2.26. The van der Waals surface area contributed by atoms with Crippen molar-refractivity contribution in [1.29, 1.82) is 0 Å². The van der Waals surface area contributed by atoms with Crippen LogP contribution >= 0.6 is 0 Å². The standard InChI is InChI=1S/C11H21N3O2/c1-12-10(14-9-3-4-9)13-7-11(15-2)5-6-16-8-11/h9H,3-8H2,1-2H3,(H2,12,13,14). The number of methoxy groups -OCH3 is 1. The van der Waals surface area contributed by atoms with E-state index in [0.717, 1.165) is 25.5 Å². The summed E-state index contributed by atoms with van der Waals surface area (Å²) in [5, 5.41) is 6.66. The molecule has 1 saturated heterocycles. The van der Waals surface area contributed by atoms with Crippen molar-refractivity contribution in [3.05, 3.63) is 0 Å². The van der Waals surface area contributed by atoms with Gasteiger partial charge in [-0.2, -0.15) is 0 Å². The molecule has 0 aromatic carbocycles. The maximum absolute atomic E-state index is 5.54. The third kappa shape index (κ3) is 2.86. The first-order chi connectivity index (χ1) is 7.78. The predicted molar refractivity (Wildman–Crippen MR) is 62.7 cm³/mol. The molecule has 2 fully saturated rings. The normalized spacial score (nSPS) is 30.5. The Bertz CT molecular complexity index is 258. The molecule has 5 heteroatoms. The Balaban J connectivity index is 1.79. The topological polar surface area (TPSA) is 54.9 Å². The average Bonchev–Trinajstić information content (AvgIpc) is 3.01. The predicted octanol–water partition coefficient (Wildman–Crippen LogP) is 0.119. The minimum absolute atomic E-state index is 0.179. The Labute approximate surface area is 96.6 Å². The number of hydrogen-bond acceptors (Lipinski definition) is 3. The Morgan fingerprint density at radius 1 is 1.56 bits per heavy atom. The van der Waals surface area contributed by atoms with E-state index in [2.05, 4.69) is 15.6 Å². The van der Waals surface area contributed by atoms with Gasteiger partial charge in [-0.3, -0.25) is 4.99 Å². The van der Waals surface area contributed by atoms with Crippen molar-refractivity contribution < 1.29 is 9.47 Å². The molecule has 2 N–H and O–H groups in total. The van der Waals surface area contributed by atoms with Gasteiger partial charge in [0.2, 0.25) is 0 Å². The first-order valence-electron chi connectivity index (χ1n) is 5.88. The van der Waals surface area contributed by atoms with Crippen molar-refractivity contribution in [3.63, 3.8) is 0 Å². The lowest BCUT2D eigenvalue weighted by atomic mass is 10.0. The molecule has 16 heavy (non-hydrogen) atoms. The molecule has 0 amide bonds. The summed E-state index contributed by atoms with van der Waals surface area (Å²) < 4.78 is 10.9. The van der Waals surface area contributed by atoms with Gasteiger partial charge in [0.05, 0.1) is 6.61 Å². The highest BCUT2D eigenvalue weighted by atomic mass is 16.5. The lowest BCUT2D eigenvalue weighted by Crippen LogP contribution is -2.49. The van der Waals surface area contributed by atoms with Gasteiger partial charge in [-0.25, -0.2) is 0 Å². The second-order valence-corrected chi connectivity index (χ2v) is 4.53. The van der Waals surface area contributed by atoms with Crippen LogP contribution in [0.4, 0.5) is 0 Å². The van der Waals surface area contributed by atoms with Crippen molar-refractivity contribution in [2.45, 2.75) is 30.9 Å². The van der Waals surface area contributed by atoms with Crippen molar-refractivity contribution in [2.75, 3.05) is 33.9 Å². The molecule has 2 aliphatic rings. The summed E-state index contributed by atoms with van der Waals surface area (Å²) in [6.07, 6.45) is 3.44. The Morgan fingerprint density at radius 3 is 2.88 bits per heavy atom. The average molecular weight is 227 g/mol. The molecule has 0 aromatic heterocycles. The zero-order chi connectivity index (χ0) is 11.4. The van der Waals surface area contributed by atoms with E-state index < -0.39 is 0 Å². The van der Waals surface area contributed by atoms with Crippen LogP contribution in [-0.2, 0) is 9.47 Å². The first-order valence-corrected chi connectivity index (χ1v) is 5.88. The number of hydrogen-bond donors (Lipinski definition) is 2. The van der Waals surface area contributed by atoms with Gasteiger partial charge in [-0.05, 0) is 12.8 Å². The van der Waals surface area contributed by atoms with E-state index in [9.17, 15) is 0 Å². The third-order valence-electron chi connectivity index (χ3n) is 3.22. The Hall–Kier alpha value is -0.810. The number of ether oxygens (including phenoxy) is 2. The molecule has 1 aliphatic carbocycles. The minimum atomic E-state index is -0.179.